The summed E-state index contributed by atoms with van der Waals surface area (Å²) in [5.74, 6) is 0.474. The molecule has 1 atom stereocenters. The Morgan fingerprint density at radius 2 is 2.16 bits per heavy atom. The van der Waals surface area contributed by atoms with E-state index in [0.29, 0.717) is 6.42 Å². The average Bonchev–Trinajstić information content (AvgIpc) is 2.79. The van der Waals surface area contributed by atoms with Crippen LogP contribution in [0, 0.1) is 0 Å². The molecule has 2 aromatic rings. The number of nitrogens with one attached hydrogen (secondary N) is 1. The van der Waals surface area contributed by atoms with Gasteiger partial charge < -0.3 is 20.2 Å². The Balaban J connectivity index is 2.38. The Kier molecular flexibility index (Phi) is 3.48. The van der Waals surface area contributed by atoms with Gasteiger partial charge in [-0.25, -0.2) is 4.79 Å². The Morgan fingerprint density at radius 1 is 1.42 bits per heavy atom. The molecule has 5 nitrogen and oxygen atoms in total. The third kappa shape index (κ3) is 2.56. The van der Waals surface area contributed by atoms with Crippen LogP contribution < -0.4 is 10.5 Å². The van der Waals surface area contributed by atoms with E-state index < -0.39 is 5.54 Å². The van der Waals surface area contributed by atoms with E-state index in [-0.39, 0.29) is 5.97 Å². The first-order valence-electron chi connectivity index (χ1n) is 6.05. The number of hydrogen-bond donors (Lipinski definition) is 2. The molecule has 19 heavy (non-hydrogen) atoms. The molecule has 0 amide bonds. The second-order valence-electron chi connectivity index (χ2n) is 4.95. The molecule has 0 aliphatic carbocycles. The van der Waals surface area contributed by atoms with Gasteiger partial charge in [-0.05, 0) is 23.8 Å². The van der Waals surface area contributed by atoms with Gasteiger partial charge in [0.2, 0.25) is 0 Å². The number of fused-ring (bicyclic) bond motifs is 1. The van der Waals surface area contributed by atoms with Crippen molar-refractivity contribution >= 4 is 16.9 Å². The van der Waals surface area contributed by atoms with E-state index in [1.807, 2.05) is 24.4 Å². The van der Waals surface area contributed by atoms with Gasteiger partial charge in [-0.1, -0.05) is 0 Å². The summed E-state index contributed by atoms with van der Waals surface area (Å²) >= 11 is 0. The number of aromatic nitrogens is 1. The largest absolute Gasteiger partial charge is 0.497 e. The summed E-state index contributed by atoms with van der Waals surface area (Å²) in [6, 6.07) is 5.80. The lowest BCUT2D eigenvalue weighted by Gasteiger charge is -2.17. The molecule has 2 rings (SSSR count). The van der Waals surface area contributed by atoms with Crippen molar-refractivity contribution in [1.29, 1.82) is 0 Å². The fourth-order valence-electron chi connectivity index (χ4n) is 2.17. The van der Waals surface area contributed by atoms with Crippen molar-refractivity contribution in [3.63, 3.8) is 0 Å². The van der Waals surface area contributed by atoms with Crippen LogP contribution in [0.4, 0.5) is 0 Å². The molecule has 1 aromatic carbocycles. The van der Waals surface area contributed by atoms with Crippen molar-refractivity contribution in [2.75, 3.05) is 14.2 Å². The van der Waals surface area contributed by atoms with E-state index in [4.69, 9.17) is 9.47 Å². The van der Waals surface area contributed by atoms with Gasteiger partial charge in [0.05, 0.1) is 14.2 Å². The average molecular weight is 263 g/mol. The van der Waals surface area contributed by atoms with Crippen molar-refractivity contribution in [3.05, 3.63) is 30.0 Å². The molecule has 0 fully saturated rings. The van der Waals surface area contributed by atoms with Gasteiger partial charge in [0, 0.05) is 30.4 Å². The first-order chi connectivity index (χ1) is 8.97. The molecule has 0 aliphatic heterocycles. The Labute approximate surface area is 111 Å². The Morgan fingerprint density at radius 3 is 2.79 bits per heavy atom. The highest BCUT2D eigenvalue weighted by atomic mass is 16.5. The number of benzene rings is 1. The lowest BCUT2D eigenvalue weighted by molar-refractivity contribution is -0.456. The molecule has 0 unspecified atom stereocenters. The lowest BCUT2D eigenvalue weighted by Crippen LogP contribution is -2.76. The molecule has 1 heterocycles. The summed E-state index contributed by atoms with van der Waals surface area (Å²) < 4.78 is 10.0. The van der Waals surface area contributed by atoms with Gasteiger partial charge in [0.1, 0.15) is 5.75 Å². The van der Waals surface area contributed by atoms with E-state index in [1.165, 1.54) is 7.11 Å². The van der Waals surface area contributed by atoms with Gasteiger partial charge in [0.15, 0.2) is 5.54 Å². The van der Waals surface area contributed by atoms with Crippen LogP contribution in [0.25, 0.3) is 10.9 Å². The van der Waals surface area contributed by atoms with Crippen LogP contribution in [0.1, 0.15) is 12.5 Å². The van der Waals surface area contributed by atoms with Crippen molar-refractivity contribution in [3.8, 4) is 5.75 Å². The zero-order chi connectivity index (χ0) is 14.0. The third-order valence-corrected chi connectivity index (χ3v) is 3.23. The zero-order valence-electron chi connectivity index (χ0n) is 11.4. The maximum Gasteiger partial charge on any atom is 0.367 e. The van der Waals surface area contributed by atoms with Crippen LogP contribution in [-0.4, -0.2) is 30.7 Å². The first-order valence-corrected chi connectivity index (χ1v) is 6.05. The predicted molar refractivity (Wildman–Crippen MR) is 71.9 cm³/mol. The lowest BCUT2D eigenvalue weighted by atomic mass is 9.94. The molecule has 4 N–H and O–H groups in total. The molecule has 0 radical (unpaired) electrons. The van der Waals surface area contributed by atoms with Crippen LogP contribution in [0.2, 0.25) is 0 Å². The number of H-pyrrole nitrogens is 1. The minimum absolute atomic E-state index is 0.315. The fraction of sp³-hybridized carbons (Fsp3) is 0.357. The van der Waals surface area contributed by atoms with Crippen LogP contribution in [0.5, 0.6) is 5.75 Å². The SMILES string of the molecule is COC(=O)[C@@](C)([NH3+])Cc1c[nH]c2ccc(OC)cc12. The number of methoxy groups -OCH3 is 2. The monoisotopic (exact) mass is 263 g/mol. The minimum Gasteiger partial charge on any atom is -0.497 e. The predicted octanol–water partition coefficient (Wildman–Crippen LogP) is 0.893. The molecule has 102 valence electrons. The third-order valence-electron chi connectivity index (χ3n) is 3.23. The summed E-state index contributed by atoms with van der Waals surface area (Å²) in [6.45, 7) is 1.78. The molecule has 0 spiro atoms. The van der Waals surface area contributed by atoms with Crippen LogP contribution >= 0.6 is 0 Å². The van der Waals surface area contributed by atoms with Crippen molar-refractivity contribution in [2.45, 2.75) is 18.9 Å². The number of ether oxygens (including phenoxy) is 2. The minimum atomic E-state index is -0.799. The van der Waals surface area contributed by atoms with Gasteiger partial charge in [-0.15, -0.1) is 0 Å². The van der Waals surface area contributed by atoms with E-state index in [0.717, 1.165) is 22.2 Å². The number of quaternary nitrogens is 1. The normalized spacial score (nSPS) is 14.1. The van der Waals surface area contributed by atoms with E-state index in [1.54, 1.807) is 14.0 Å². The van der Waals surface area contributed by atoms with E-state index >= 15 is 0 Å². The van der Waals surface area contributed by atoms with Crippen molar-refractivity contribution < 1.29 is 20.0 Å². The van der Waals surface area contributed by atoms with Crippen molar-refractivity contribution in [2.24, 2.45) is 0 Å². The highest BCUT2D eigenvalue weighted by Crippen LogP contribution is 2.25. The fourth-order valence-corrected chi connectivity index (χ4v) is 2.17. The highest BCUT2D eigenvalue weighted by Gasteiger charge is 2.34. The molecule has 0 aliphatic rings. The van der Waals surface area contributed by atoms with Gasteiger partial charge in [0.25, 0.3) is 0 Å². The van der Waals surface area contributed by atoms with Gasteiger partial charge >= 0.3 is 5.97 Å². The highest BCUT2D eigenvalue weighted by molar-refractivity contribution is 5.86. The second-order valence-corrected chi connectivity index (χ2v) is 4.95. The molecule has 5 heteroatoms. The summed E-state index contributed by atoms with van der Waals surface area (Å²) in [5, 5.41) is 1.04. The number of hydrogen-bond acceptors (Lipinski definition) is 3. The second kappa shape index (κ2) is 4.93. The molecule has 1 aromatic heterocycles. The van der Waals surface area contributed by atoms with E-state index in [9.17, 15) is 4.79 Å². The standard InChI is InChI=1S/C14H18N2O3/c1-14(15,13(17)19-3)7-9-8-16-12-5-4-10(18-2)6-11(9)12/h4-6,8,16H,7,15H2,1-3H3/p+1/t14-/m0/s1. The molecular formula is C14H19N2O3+. The number of aromatic amines is 1. The first kappa shape index (κ1) is 13.4. The van der Waals surface area contributed by atoms with Crippen LogP contribution in [0.3, 0.4) is 0 Å². The van der Waals surface area contributed by atoms with Crippen LogP contribution in [0.15, 0.2) is 24.4 Å². The maximum atomic E-state index is 11.7. The molecule has 0 bridgehead atoms. The topological polar surface area (TPSA) is 79.0 Å². The van der Waals surface area contributed by atoms with Gasteiger partial charge in [-0.3, -0.25) is 0 Å². The summed E-state index contributed by atoms with van der Waals surface area (Å²) in [7, 11) is 3.01. The smallest absolute Gasteiger partial charge is 0.367 e. The Hall–Kier alpha value is -2.01. The molecule has 0 saturated heterocycles. The van der Waals surface area contributed by atoms with Crippen LogP contribution in [-0.2, 0) is 16.0 Å². The Bertz CT molecular complexity index is 602. The van der Waals surface area contributed by atoms with Gasteiger partial charge in [-0.2, -0.15) is 0 Å². The van der Waals surface area contributed by atoms with E-state index in [2.05, 4.69) is 10.7 Å². The quantitative estimate of drug-likeness (QED) is 0.804. The summed E-state index contributed by atoms with van der Waals surface area (Å²) in [5.41, 5.74) is 5.18. The summed E-state index contributed by atoms with van der Waals surface area (Å²) in [6.07, 6.45) is 2.41. The number of rotatable bonds is 4. The maximum absolute atomic E-state index is 11.7. The van der Waals surface area contributed by atoms with Crippen molar-refractivity contribution in [1.82, 2.24) is 4.98 Å². The molecular weight excluding hydrogens is 244 g/mol. The summed E-state index contributed by atoms with van der Waals surface area (Å²) in [4.78, 5) is 14.9. The number of carbonyl (C=O) groups excluding carboxylic acids is 1. The molecule has 0 saturated carbocycles. The zero-order valence-corrected chi connectivity index (χ0v) is 11.4. The number of carbonyl (C=O) groups is 1. The number of esters is 1.